The van der Waals surface area contributed by atoms with Crippen LogP contribution < -0.4 is 15.4 Å². The van der Waals surface area contributed by atoms with Gasteiger partial charge in [-0.15, -0.1) is 0 Å². The van der Waals surface area contributed by atoms with Gasteiger partial charge in [0.2, 0.25) is 0 Å². The van der Waals surface area contributed by atoms with Gasteiger partial charge < -0.3 is 25.2 Å². The molecule has 0 radical (unpaired) electrons. The van der Waals surface area contributed by atoms with Gasteiger partial charge in [0.05, 0.1) is 19.2 Å². The predicted octanol–water partition coefficient (Wildman–Crippen LogP) is 3.67. The minimum absolute atomic E-state index is 0.245. The van der Waals surface area contributed by atoms with Crippen molar-refractivity contribution in [1.82, 2.24) is 19.8 Å². The Labute approximate surface area is 183 Å². The van der Waals surface area contributed by atoms with E-state index in [0.29, 0.717) is 17.3 Å². The van der Waals surface area contributed by atoms with E-state index in [2.05, 4.69) is 34.6 Å². The molecule has 0 fully saturated rings. The van der Waals surface area contributed by atoms with E-state index in [0.717, 1.165) is 36.2 Å². The Morgan fingerprint density at radius 3 is 2.65 bits per heavy atom. The van der Waals surface area contributed by atoms with Crippen LogP contribution in [0.3, 0.4) is 0 Å². The van der Waals surface area contributed by atoms with E-state index in [-0.39, 0.29) is 12.6 Å². The van der Waals surface area contributed by atoms with E-state index in [4.69, 9.17) is 9.72 Å². The van der Waals surface area contributed by atoms with Crippen LogP contribution in [-0.2, 0) is 6.54 Å². The number of aromatic nitrogens is 2. The highest BCUT2D eigenvalue weighted by molar-refractivity contribution is 5.90. The Kier molecular flexibility index (Phi) is 7.61. The summed E-state index contributed by atoms with van der Waals surface area (Å²) in [6.07, 6.45) is 1.00. The van der Waals surface area contributed by atoms with Gasteiger partial charge in [-0.2, -0.15) is 0 Å². The maximum Gasteiger partial charge on any atom is 0.321 e. The van der Waals surface area contributed by atoms with Crippen LogP contribution in [0.1, 0.15) is 12.2 Å². The topological polar surface area (TPSA) is 82.6 Å². The Morgan fingerprint density at radius 2 is 1.87 bits per heavy atom. The summed E-state index contributed by atoms with van der Waals surface area (Å²) < 4.78 is 5.21. The van der Waals surface area contributed by atoms with E-state index in [9.17, 15) is 4.79 Å². The third kappa shape index (κ3) is 6.29. The largest absolute Gasteiger partial charge is 0.497 e. The van der Waals surface area contributed by atoms with Crippen LogP contribution in [0.5, 0.6) is 5.75 Å². The number of nitrogens with zero attached hydrogens (tertiary/aromatic N) is 4. The first-order valence-electron chi connectivity index (χ1n) is 10.3. The first-order chi connectivity index (χ1) is 15.0. The Bertz CT molecular complexity index is 1020. The van der Waals surface area contributed by atoms with Crippen LogP contribution >= 0.6 is 0 Å². The molecule has 2 aromatic carbocycles. The van der Waals surface area contributed by atoms with E-state index >= 15 is 0 Å². The van der Waals surface area contributed by atoms with Crippen molar-refractivity contribution in [2.75, 3.05) is 52.0 Å². The molecule has 164 valence electrons. The van der Waals surface area contributed by atoms with E-state index in [1.807, 2.05) is 42.5 Å². The van der Waals surface area contributed by atoms with Crippen molar-refractivity contribution < 1.29 is 9.53 Å². The van der Waals surface area contributed by atoms with Crippen LogP contribution in [0, 0.1) is 0 Å². The lowest BCUT2D eigenvalue weighted by Gasteiger charge is -2.18. The second-order valence-corrected chi connectivity index (χ2v) is 7.61. The molecular formula is C23H30N6O2. The lowest BCUT2D eigenvalue weighted by Crippen LogP contribution is -2.31. The number of ether oxygens (including phenoxy) is 1. The highest BCUT2D eigenvalue weighted by Gasteiger charge is 2.14. The molecule has 0 aliphatic heterocycles. The highest BCUT2D eigenvalue weighted by Crippen LogP contribution is 2.21. The van der Waals surface area contributed by atoms with Gasteiger partial charge in [0, 0.05) is 30.7 Å². The maximum absolute atomic E-state index is 12.6. The molecule has 0 bridgehead atoms. The molecule has 1 heterocycles. The van der Waals surface area contributed by atoms with Gasteiger partial charge >= 0.3 is 6.03 Å². The zero-order valence-corrected chi connectivity index (χ0v) is 18.6. The minimum Gasteiger partial charge on any atom is -0.497 e. The first-order valence-corrected chi connectivity index (χ1v) is 10.3. The van der Waals surface area contributed by atoms with Crippen LogP contribution in [0.15, 0.2) is 48.5 Å². The molecule has 3 aromatic rings. The second kappa shape index (κ2) is 10.6. The number of hydrogen-bond donors (Lipinski definition) is 2. The summed E-state index contributed by atoms with van der Waals surface area (Å²) in [4.78, 5) is 25.7. The molecule has 0 saturated heterocycles. The van der Waals surface area contributed by atoms with Crippen molar-refractivity contribution in [2.24, 2.45) is 0 Å². The predicted molar refractivity (Wildman–Crippen MR) is 125 cm³/mol. The molecule has 0 unspecified atom stereocenters. The van der Waals surface area contributed by atoms with Crippen LogP contribution in [-0.4, -0.2) is 67.1 Å². The number of rotatable bonds is 9. The van der Waals surface area contributed by atoms with Crippen molar-refractivity contribution in [2.45, 2.75) is 13.0 Å². The molecule has 31 heavy (non-hydrogen) atoms. The number of anilines is 2. The molecule has 0 spiro atoms. The summed E-state index contributed by atoms with van der Waals surface area (Å²) in [6.45, 7) is 2.09. The third-order valence-corrected chi connectivity index (χ3v) is 4.77. The standard InChI is InChI=1S/C23H30N6O2/c1-28(2)14-8-13-24-22-19-11-5-6-12-20(19)26-21(27-22)16-29(3)23(30)25-17-9-7-10-18(15-17)31-4/h5-7,9-12,15H,8,13-14,16H2,1-4H3,(H,25,30)(H,24,26,27). The summed E-state index contributed by atoms with van der Waals surface area (Å²) in [7, 11) is 7.43. The molecule has 8 heteroatoms. The third-order valence-electron chi connectivity index (χ3n) is 4.77. The second-order valence-electron chi connectivity index (χ2n) is 7.61. The van der Waals surface area contributed by atoms with Gasteiger partial charge in [0.25, 0.3) is 0 Å². The first kappa shape index (κ1) is 22.3. The van der Waals surface area contributed by atoms with Crippen molar-refractivity contribution in [3.8, 4) is 5.75 Å². The van der Waals surface area contributed by atoms with Crippen molar-refractivity contribution in [1.29, 1.82) is 0 Å². The van der Waals surface area contributed by atoms with Crippen molar-refractivity contribution in [3.63, 3.8) is 0 Å². The minimum atomic E-state index is -0.245. The van der Waals surface area contributed by atoms with Crippen molar-refractivity contribution >= 4 is 28.4 Å². The molecular weight excluding hydrogens is 392 g/mol. The maximum atomic E-state index is 12.6. The fourth-order valence-electron chi connectivity index (χ4n) is 3.14. The number of para-hydroxylation sites is 1. The summed E-state index contributed by atoms with van der Waals surface area (Å²) in [5, 5.41) is 7.27. The summed E-state index contributed by atoms with van der Waals surface area (Å²) in [5.41, 5.74) is 1.52. The molecule has 0 saturated carbocycles. The molecule has 2 amide bonds. The monoisotopic (exact) mass is 422 g/mol. The van der Waals surface area contributed by atoms with Crippen LogP contribution in [0.25, 0.3) is 10.9 Å². The Hall–Kier alpha value is -3.39. The van der Waals surface area contributed by atoms with Gasteiger partial charge in [-0.1, -0.05) is 18.2 Å². The average molecular weight is 423 g/mol. The number of benzene rings is 2. The molecule has 3 rings (SSSR count). The fourth-order valence-corrected chi connectivity index (χ4v) is 3.14. The van der Waals surface area contributed by atoms with Gasteiger partial charge in [-0.3, -0.25) is 0 Å². The molecule has 0 aliphatic rings. The molecule has 0 atom stereocenters. The number of amides is 2. The van der Waals surface area contributed by atoms with E-state index in [1.165, 1.54) is 0 Å². The zero-order valence-electron chi connectivity index (χ0n) is 18.6. The number of carbonyl (C=O) groups excluding carboxylic acids is 1. The number of urea groups is 1. The molecule has 1 aromatic heterocycles. The number of hydrogen-bond acceptors (Lipinski definition) is 6. The Morgan fingerprint density at radius 1 is 1.06 bits per heavy atom. The van der Waals surface area contributed by atoms with E-state index < -0.39 is 0 Å². The molecule has 8 nitrogen and oxygen atoms in total. The molecule has 2 N–H and O–H groups in total. The summed E-state index contributed by atoms with van der Waals surface area (Å²) >= 11 is 0. The SMILES string of the molecule is COc1cccc(NC(=O)N(C)Cc2nc(NCCCN(C)C)c3ccccc3n2)c1. The van der Waals surface area contributed by atoms with Crippen molar-refractivity contribution in [3.05, 3.63) is 54.4 Å². The number of nitrogens with one attached hydrogen (secondary N) is 2. The molecule has 0 aliphatic carbocycles. The fraction of sp³-hybridized carbons (Fsp3) is 0.348. The van der Waals surface area contributed by atoms with Gasteiger partial charge in [-0.05, 0) is 51.3 Å². The lowest BCUT2D eigenvalue weighted by molar-refractivity contribution is 0.219. The smallest absolute Gasteiger partial charge is 0.321 e. The number of fused-ring (bicyclic) bond motifs is 1. The summed E-state index contributed by atoms with van der Waals surface area (Å²) in [5.74, 6) is 2.06. The number of carbonyl (C=O) groups is 1. The average Bonchev–Trinajstić information content (AvgIpc) is 2.76. The van der Waals surface area contributed by atoms with Crippen LogP contribution in [0.4, 0.5) is 16.3 Å². The van der Waals surface area contributed by atoms with Gasteiger partial charge in [0.15, 0.2) is 5.82 Å². The quantitative estimate of drug-likeness (QED) is 0.512. The highest BCUT2D eigenvalue weighted by atomic mass is 16.5. The van der Waals surface area contributed by atoms with Gasteiger partial charge in [-0.25, -0.2) is 14.8 Å². The normalized spacial score (nSPS) is 10.9. The van der Waals surface area contributed by atoms with E-state index in [1.54, 1.807) is 25.1 Å². The van der Waals surface area contributed by atoms with Gasteiger partial charge in [0.1, 0.15) is 11.6 Å². The Balaban J connectivity index is 1.71. The zero-order chi connectivity index (χ0) is 22.2. The number of methoxy groups -OCH3 is 1. The van der Waals surface area contributed by atoms with Crippen LogP contribution in [0.2, 0.25) is 0 Å². The summed E-state index contributed by atoms with van der Waals surface area (Å²) in [6, 6.07) is 14.9. The lowest BCUT2D eigenvalue weighted by atomic mass is 10.2.